The van der Waals surface area contributed by atoms with E-state index >= 15 is 0 Å². The fourth-order valence-corrected chi connectivity index (χ4v) is 6.62. The molecule has 0 saturated carbocycles. The molecular formula is C32H28Br2O4S. The molecule has 4 rings (SSSR count). The van der Waals surface area contributed by atoms with Crippen LogP contribution in [0.5, 0.6) is 11.5 Å². The third-order valence-corrected chi connectivity index (χ3v) is 9.60. The molecule has 4 aromatic carbocycles. The van der Waals surface area contributed by atoms with Crippen LogP contribution in [0.15, 0.2) is 118 Å². The van der Waals surface area contributed by atoms with Gasteiger partial charge in [0.25, 0.3) is 0 Å². The Morgan fingerprint density at radius 3 is 1.21 bits per heavy atom. The summed E-state index contributed by atoms with van der Waals surface area (Å²) in [4.78, 5) is 0. The minimum Gasteiger partial charge on any atom is -0.497 e. The van der Waals surface area contributed by atoms with Crippen LogP contribution in [-0.4, -0.2) is 22.6 Å². The first kappa shape index (κ1) is 28.9. The van der Waals surface area contributed by atoms with Crippen molar-refractivity contribution < 1.29 is 17.9 Å². The summed E-state index contributed by atoms with van der Waals surface area (Å²) in [6, 6.07) is 29.8. The number of hydrogen-bond acceptors (Lipinski definition) is 4. The second kappa shape index (κ2) is 13.3. The lowest BCUT2D eigenvalue weighted by atomic mass is 10.1. The summed E-state index contributed by atoms with van der Waals surface area (Å²) in [7, 11) is -0.666. The molecule has 200 valence electrons. The summed E-state index contributed by atoms with van der Waals surface area (Å²) >= 11 is 6.90. The lowest BCUT2D eigenvalue weighted by Gasteiger charge is -2.22. The second-order valence-electron chi connectivity index (χ2n) is 8.80. The third kappa shape index (κ3) is 7.50. The van der Waals surface area contributed by atoms with Crippen molar-refractivity contribution >= 4 is 53.8 Å². The average molecular weight is 668 g/mol. The van der Waals surface area contributed by atoms with Gasteiger partial charge in [-0.1, -0.05) is 105 Å². The van der Waals surface area contributed by atoms with Gasteiger partial charge >= 0.3 is 0 Å². The zero-order chi connectivity index (χ0) is 27.8. The van der Waals surface area contributed by atoms with Crippen LogP contribution in [0.25, 0.3) is 12.2 Å². The van der Waals surface area contributed by atoms with Crippen molar-refractivity contribution in [3.63, 3.8) is 0 Å². The van der Waals surface area contributed by atoms with Gasteiger partial charge in [0.1, 0.15) is 22.0 Å². The van der Waals surface area contributed by atoms with Crippen molar-refractivity contribution in [2.75, 3.05) is 14.2 Å². The molecule has 0 heterocycles. The molecule has 0 saturated heterocycles. The van der Waals surface area contributed by atoms with Crippen molar-refractivity contribution in [2.45, 2.75) is 10.5 Å². The fraction of sp³-hybridized carbons (Fsp3) is 0.125. The van der Waals surface area contributed by atoms with Gasteiger partial charge in [-0.3, -0.25) is 0 Å². The van der Waals surface area contributed by atoms with Crippen molar-refractivity contribution in [3.8, 4) is 11.5 Å². The highest BCUT2D eigenvalue weighted by atomic mass is 79.9. The SMILES string of the molecule is COc1ccc(C(/C=C/c2ccc(Br)cc2)S(=O)(=O)C(/C=C/c2ccc(Br)cc2)c2ccc(OC)cc2)cc1. The van der Waals surface area contributed by atoms with E-state index in [4.69, 9.17) is 9.47 Å². The maximum atomic E-state index is 14.5. The van der Waals surface area contributed by atoms with Crippen LogP contribution in [0, 0.1) is 0 Å². The number of ether oxygens (including phenoxy) is 2. The van der Waals surface area contributed by atoms with E-state index in [9.17, 15) is 8.42 Å². The van der Waals surface area contributed by atoms with E-state index in [0.717, 1.165) is 20.1 Å². The molecule has 2 unspecified atom stereocenters. The molecule has 4 aromatic rings. The standard InChI is InChI=1S/C32H28Br2O4S/c1-37-29-17-9-25(10-18-29)31(21-7-23-3-13-27(33)14-4-23)39(35,36)32(26-11-19-30(38-2)20-12-26)22-8-24-5-15-28(34)16-6-24/h3-22,31-32H,1-2H3/b21-7+,22-8+. The largest absolute Gasteiger partial charge is 0.497 e. The van der Waals surface area contributed by atoms with Crippen molar-refractivity contribution in [3.05, 3.63) is 140 Å². The van der Waals surface area contributed by atoms with Gasteiger partial charge in [0.15, 0.2) is 9.84 Å². The van der Waals surface area contributed by atoms with Crippen molar-refractivity contribution in [1.29, 1.82) is 0 Å². The topological polar surface area (TPSA) is 52.6 Å². The van der Waals surface area contributed by atoms with E-state index in [1.807, 2.05) is 60.7 Å². The van der Waals surface area contributed by atoms with Gasteiger partial charge in [0, 0.05) is 8.95 Å². The zero-order valence-corrected chi connectivity index (χ0v) is 25.5. The quantitative estimate of drug-likeness (QED) is 0.170. The van der Waals surface area contributed by atoms with E-state index in [0.29, 0.717) is 22.6 Å². The van der Waals surface area contributed by atoms with Gasteiger partial charge < -0.3 is 9.47 Å². The fourth-order valence-electron chi connectivity index (χ4n) is 4.11. The van der Waals surface area contributed by atoms with E-state index in [-0.39, 0.29) is 0 Å². The summed E-state index contributed by atoms with van der Waals surface area (Å²) in [6.07, 6.45) is 7.21. The molecular weight excluding hydrogens is 640 g/mol. The van der Waals surface area contributed by atoms with Crippen molar-refractivity contribution in [1.82, 2.24) is 0 Å². The normalized spacial score (nSPS) is 13.4. The van der Waals surface area contributed by atoms with Gasteiger partial charge in [0.2, 0.25) is 0 Å². The Labute approximate surface area is 247 Å². The molecule has 7 heteroatoms. The first-order valence-corrected chi connectivity index (χ1v) is 15.4. The molecule has 0 aromatic heterocycles. The first-order valence-electron chi connectivity index (χ1n) is 12.2. The maximum Gasteiger partial charge on any atom is 0.171 e. The third-order valence-electron chi connectivity index (χ3n) is 6.26. The van der Waals surface area contributed by atoms with Crippen LogP contribution >= 0.6 is 31.9 Å². The van der Waals surface area contributed by atoms with Crippen LogP contribution in [0.1, 0.15) is 32.8 Å². The lowest BCUT2D eigenvalue weighted by molar-refractivity contribution is 0.414. The van der Waals surface area contributed by atoms with Crippen LogP contribution < -0.4 is 9.47 Å². The van der Waals surface area contributed by atoms with E-state index in [1.165, 1.54) is 0 Å². The Kier molecular flexibility index (Phi) is 9.83. The number of rotatable bonds is 10. The highest BCUT2D eigenvalue weighted by molar-refractivity contribution is 9.10. The molecule has 0 amide bonds. The summed E-state index contributed by atoms with van der Waals surface area (Å²) in [5.74, 6) is 1.32. The smallest absolute Gasteiger partial charge is 0.171 e. The molecule has 0 aliphatic carbocycles. The van der Waals surface area contributed by atoms with E-state index < -0.39 is 20.3 Å². The van der Waals surface area contributed by atoms with Crippen LogP contribution in [0.4, 0.5) is 0 Å². The Morgan fingerprint density at radius 2 is 0.897 bits per heavy atom. The Bertz CT molecular complexity index is 1410. The van der Waals surface area contributed by atoms with Gasteiger partial charge in [-0.25, -0.2) is 8.42 Å². The predicted octanol–water partition coefficient (Wildman–Crippen LogP) is 8.85. The van der Waals surface area contributed by atoms with E-state index in [1.54, 1.807) is 74.9 Å². The molecule has 39 heavy (non-hydrogen) atoms. The number of halogens is 2. The molecule has 0 spiro atoms. The van der Waals surface area contributed by atoms with E-state index in [2.05, 4.69) is 31.9 Å². The number of sulfone groups is 1. The summed E-state index contributed by atoms with van der Waals surface area (Å²) in [5, 5.41) is -1.82. The van der Waals surface area contributed by atoms with Gasteiger partial charge in [-0.15, -0.1) is 0 Å². The Hall–Kier alpha value is -3.13. The van der Waals surface area contributed by atoms with Crippen LogP contribution in [0.3, 0.4) is 0 Å². The molecule has 0 fully saturated rings. The van der Waals surface area contributed by atoms with Crippen LogP contribution in [-0.2, 0) is 9.84 Å². The van der Waals surface area contributed by atoms with Gasteiger partial charge in [-0.2, -0.15) is 0 Å². The molecule has 0 aliphatic heterocycles. The van der Waals surface area contributed by atoms with Crippen molar-refractivity contribution in [2.24, 2.45) is 0 Å². The number of hydrogen-bond donors (Lipinski definition) is 0. The highest BCUT2D eigenvalue weighted by Gasteiger charge is 2.33. The predicted molar refractivity (Wildman–Crippen MR) is 167 cm³/mol. The number of benzene rings is 4. The molecule has 0 radical (unpaired) electrons. The maximum absolute atomic E-state index is 14.5. The lowest BCUT2D eigenvalue weighted by Crippen LogP contribution is -2.19. The summed E-state index contributed by atoms with van der Waals surface area (Å²) in [6.45, 7) is 0. The second-order valence-corrected chi connectivity index (χ2v) is 12.8. The molecule has 0 N–H and O–H groups in total. The monoisotopic (exact) mass is 666 g/mol. The number of methoxy groups -OCH3 is 2. The Morgan fingerprint density at radius 1 is 0.564 bits per heavy atom. The highest BCUT2D eigenvalue weighted by Crippen LogP contribution is 2.38. The van der Waals surface area contributed by atoms with Gasteiger partial charge in [-0.05, 0) is 70.8 Å². The minimum absolute atomic E-state index is 0.653. The molecule has 4 nitrogen and oxygen atoms in total. The average Bonchev–Trinajstić information content (AvgIpc) is 2.95. The molecule has 2 atom stereocenters. The zero-order valence-electron chi connectivity index (χ0n) is 21.5. The summed E-state index contributed by atoms with van der Waals surface area (Å²) in [5.41, 5.74) is 3.11. The molecule has 0 bridgehead atoms. The first-order chi connectivity index (χ1) is 18.8. The van der Waals surface area contributed by atoms with Crippen LogP contribution in [0.2, 0.25) is 0 Å². The summed E-state index contributed by atoms with van der Waals surface area (Å²) < 4.78 is 41.6. The minimum atomic E-state index is -3.84. The Balaban J connectivity index is 1.82. The molecule has 0 aliphatic rings. The van der Waals surface area contributed by atoms with Gasteiger partial charge in [0.05, 0.1) is 14.2 Å².